The second-order valence-corrected chi connectivity index (χ2v) is 9.73. The Kier molecular flexibility index (Phi) is 6.47. The van der Waals surface area contributed by atoms with E-state index in [9.17, 15) is 27.6 Å². The lowest BCUT2D eigenvalue weighted by molar-refractivity contribution is -0.204. The van der Waals surface area contributed by atoms with Crippen LogP contribution < -0.4 is 10.1 Å². The Labute approximate surface area is 200 Å². The molecular formula is C24H28F3N3O5. The zero-order valence-electron chi connectivity index (χ0n) is 19.2. The van der Waals surface area contributed by atoms with E-state index in [2.05, 4.69) is 10.2 Å². The first-order chi connectivity index (χ1) is 16.7. The standard InChI is InChI=1S/C24H28F3N3O5/c25-24(26,27)13-34-16-11-29(12-16)18-3-1-2-4-20(18)35-15-5-6-17-14(9-15)10-30(23(17)33)19-7-8-21(31)28-22(19)32/h5-6,9,16,18-20H,1-4,7-8,10-13H2,(H,28,31,32)/t18-,19?,20+/m0/s1. The molecule has 1 aromatic rings. The number of amides is 3. The summed E-state index contributed by atoms with van der Waals surface area (Å²) in [7, 11) is 0. The molecule has 2 saturated heterocycles. The molecule has 1 aliphatic carbocycles. The number of likely N-dealkylation sites (tertiary alicyclic amines) is 1. The summed E-state index contributed by atoms with van der Waals surface area (Å²) < 4.78 is 48.5. The van der Waals surface area contributed by atoms with Crippen molar-refractivity contribution in [3.8, 4) is 5.75 Å². The lowest BCUT2D eigenvalue weighted by atomic mass is 9.89. The summed E-state index contributed by atoms with van der Waals surface area (Å²) in [6.07, 6.45) is -0.536. The van der Waals surface area contributed by atoms with Gasteiger partial charge in [0.1, 0.15) is 24.5 Å². The number of nitrogens with one attached hydrogen (secondary N) is 1. The molecule has 1 unspecified atom stereocenters. The number of alkyl halides is 3. The van der Waals surface area contributed by atoms with Crippen LogP contribution in [0, 0.1) is 0 Å². The first-order valence-electron chi connectivity index (χ1n) is 12.0. The van der Waals surface area contributed by atoms with E-state index in [1.165, 1.54) is 4.90 Å². The third kappa shape index (κ3) is 5.16. The van der Waals surface area contributed by atoms with Gasteiger partial charge in [0, 0.05) is 37.7 Å². The molecule has 3 amide bonds. The number of halogens is 3. The van der Waals surface area contributed by atoms with E-state index >= 15 is 0 Å². The Morgan fingerprint density at radius 2 is 1.83 bits per heavy atom. The second-order valence-electron chi connectivity index (χ2n) is 9.73. The molecule has 11 heteroatoms. The van der Waals surface area contributed by atoms with Crippen molar-refractivity contribution in [2.75, 3.05) is 19.7 Å². The first-order valence-corrected chi connectivity index (χ1v) is 12.0. The van der Waals surface area contributed by atoms with Crippen molar-refractivity contribution in [2.24, 2.45) is 0 Å². The van der Waals surface area contributed by atoms with E-state index in [4.69, 9.17) is 9.47 Å². The van der Waals surface area contributed by atoms with Gasteiger partial charge in [-0.3, -0.25) is 24.6 Å². The molecule has 35 heavy (non-hydrogen) atoms. The summed E-state index contributed by atoms with van der Waals surface area (Å²) in [6, 6.07) is 4.72. The Hall–Kier alpha value is -2.66. The molecule has 1 aromatic carbocycles. The van der Waals surface area contributed by atoms with Gasteiger partial charge in [0.05, 0.1) is 6.10 Å². The maximum absolute atomic E-state index is 12.9. The van der Waals surface area contributed by atoms with E-state index in [-0.39, 0.29) is 36.9 Å². The molecule has 0 radical (unpaired) electrons. The van der Waals surface area contributed by atoms with Crippen molar-refractivity contribution in [3.05, 3.63) is 29.3 Å². The summed E-state index contributed by atoms with van der Waals surface area (Å²) in [5.41, 5.74) is 1.30. The van der Waals surface area contributed by atoms with Gasteiger partial charge < -0.3 is 14.4 Å². The molecule has 1 N–H and O–H groups in total. The zero-order chi connectivity index (χ0) is 24.7. The number of hydrogen-bond donors (Lipinski definition) is 1. The molecular weight excluding hydrogens is 467 g/mol. The summed E-state index contributed by atoms with van der Waals surface area (Å²) in [5, 5.41) is 2.30. The van der Waals surface area contributed by atoms with Gasteiger partial charge >= 0.3 is 6.18 Å². The fourth-order valence-electron chi connectivity index (χ4n) is 5.49. The number of hydrogen-bond acceptors (Lipinski definition) is 6. The molecule has 0 spiro atoms. The fraction of sp³-hybridized carbons (Fsp3) is 0.625. The minimum atomic E-state index is -4.32. The zero-order valence-corrected chi connectivity index (χ0v) is 19.2. The van der Waals surface area contributed by atoms with Gasteiger partial charge in [0.2, 0.25) is 11.8 Å². The average molecular weight is 495 g/mol. The van der Waals surface area contributed by atoms with Crippen molar-refractivity contribution in [1.29, 1.82) is 0 Å². The highest BCUT2D eigenvalue weighted by molar-refractivity contribution is 6.05. The van der Waals surface area contributed by atoms with E-state index in [1.54, 1.807) is 12.1 Å². The fourth-order valence-corrected chi connectivity index (χ4v) is 5.49. The van der Waals surface area contributed by atoms with Crippen LogP contribution in [0.5, 0.6) is 5.75 Å². The van der Waals surface area contributed by atoms with Crippen molar-refractivity contribution < 1.29 is 37.0 Å². The largest absolute Gasteiger partial charge is 0.489 e. The van der Waals surface area contributed by atoms with Crippen molar-refractivity contribution in [2.45, 2.75) is 75.5 Å². The van der Waals surface area contributed by atoms with Crippen LogP contribution in [0.3, 0.4) is 0 Å². The number of nitrogens with zero attached hydrogens (tertiary/aromatic N) is 2. The van der Waals surface area contributed by atoms with Crippen LogP contribution in [0.1, 0.15) is 54.4 Å². The van der Waals surface area contributed by atoms with E-state index in [1.807, 2.05) is 6.07 Å². The van der Waals surface area contributed by atoms with Crippen LogP contribution in [0.4, 0.5) is 13.2 Å². The van der Waals surface area contributed by atoms with Gasteiger partial charge in [-0.25, -0.2) is 0 Å². The van der Waals surface area contributed by atoms with Crippen molar-refractivity contribution >= 4 is 17.7 Å². The van der Waals surface area contributed by atoms with E-state index in [0.717, 1.165) is 31.2 Å². The number of carbonyl (C=O) groups excluding carboxylic acids is 3. The topological polar surface area (TPSA) is 88.2 Å². The van der Waals surface area contributed by atoms with Crippen molar-refractivity contribution in [1.82, 2.24) is 15.1 Å². The van der Waals surface area contributed by atoms with Gasteiger partial charge in [-0.2, -0.15) is 13.2 Å². The SMILES string of the molecule is O=C1CCC(N2Cc3cc(O[C@@H]4CCCC[C@@H]4N4CC(OCC(F)(F)F)C4)ccc3C2=O)C(=O)N1. The summed E-state index contributed by atoms with van der Waals surface area (Å²) in [6.45, 7) is -0.0314. The predicted octanol–water partition coefficient (Wildman–Crippen LogP) is 2.40. The Morgan fingerprint density at radius 1 is 1.06 bits per heavy atom. The minimum absolute atomic E-state index is 0.101. The molecule has 1 saturated carbocycles. The Bertz CT molecular complexity index is 1010. The van der Waals surface area contributed by atoms with Crippen LogP contribution in [-0.4, -0.2) is 77.7 Å². The molecule has 0 bridgehead atoms. The highest BCUT2D eigenvalue weighted by Crippen LogP contribution is 2.34. The maximum Gasteiger partial charge on any atom is 0.411 e. The quantitative estimate of drug-likeness (QED) is 0.610. The van der Waals surface area contributed by atoms with E-state index < -0.39 is 30.8 Å². The first kappa shape index (κ1) is 24.1. The highest BCUT2D eigenvalue weighted by Gasteiger charge is 2.42. The van der Waals surface area contributed by atoms with Gasteiger partial charge in [-0.05, 0) is 49.4 Å². The molecule has 4 aliphatic rings. The van der Waals surface area contributed by atoms with Gasteiger partial charge in [-0.15, -0.1) is 0 Å². The molecule has 3 atom stereocenters. The maximum atomic E-state index is 12.9. The number of imide groups is 1. The van der Waals surface area contributed by atoms with Gasteiger partial charge in [-0.1, -0.05) is 6.42 Å². The minimum Gasteiger partial charge on any atom is -0.489 e. The van der Waals surface area contributed by atoms with Crippen LogP contribution in [-0.2, 0) is 20.9 Å². The normalized spacial score (nSPS) is 28.0. The molecule has 190 valence electrons. The number of ether oxygens (including phenoxy) is 2. The smallest absolute Gasteiger partial charge is 0.411 e. The Morgan fingerprint density at radius 3 is 2.57 bits per heavy atom. The number of rotatable bonds is 6. The summed E-state index contributed by atoms with van der Waals surface area (Å²) >= 11 is 0. The predicted molar refractivity (Wildman–Crippen MR) is 117 cm³/mol. The average Bonchev–Trinajstić information content (AvgIpc) is 3.08. The van der Waals surface area contributed by atoms with Crippen LogP contribution in [0.25, 0.3) is 0 Å². The molecule has 0 aromatic heterocycles. The van der Waals surface area contributed by atoms with Gasteiger partial charge in [0.15, 0.2) is 0 Å². The van der Waals surface area contributed by atoms with E-state index in [0.29, 0.717) is 30.8 Å². The Balaban J connectivity index is 1.21. The highest BCUT2D eigenvalue weighted by atomic mass is 19.4. The molecule has 3 heterocycles. The van der Waals surface area contributed by atoms with Gasteiger partial charge in [0.25, 0.3) is 5.91 Å². The number of benzene rings is 1. The third-order valence-corrected chi connectivity index (χ3v) is 7.28. The molecule has 3 fully saturated rings. The monoisotopic (exact) mass is 495 g/mol. The molecule has 5 rings (SSSR count). The third-order valence-electron chi connectivity index (χ3n) is 7.28. The van der Waals surface area contributed by atoms with Crippen molar-refractivity contribution in [3.63, 3.8) is 0 Å². The lowest BCUT2D eigenvalue weighted by Gasteiger charge is -2.48. The number of fused-ring (bicyclic) bond motifs is 1. The van der Waals surface area contributed by atoms with Crippen LogP contribution in [0.15, 0.2) is 18.2 Å². The summed E-state index contributed by atoms with van der Waals surface area (Å²) in [5.74, 6) is -0.379. The second kappa shape index (κ2) is 9.42. The number of piperidine rings is 1. The summed E-state index contributed by atoms with van der Waals surface area (Å²) in [4.78, 5) is 40.2. The lowest BCUT2D eigenvalue weighted by Crippen LogP contribution is -2.61. The number of carbonyl (C=O) groups is 3. The van der Waals surface area contributed by atoms with Crippen LogP contribution in [0.2, 0.25) is 0 Å². The van der Waals surface area contributed by atoms with Crippen LogP contribution >= 0.6 is 0 Å². The molecule has 8 nitrogen and oxygen atoms in total. The molecule has 3 aliphatic heterocycles.